The Morgan fingerprint density at radius 1 is 1.05 bits per heavy atom. The van der Waals surface area contributed by atoms with Crippen molar-refractivity contribution in [3.63, 3.8) is 0 Å². The van der Waals surface area contributed by atoms with Crippen molar-refractivity contribution in [3.05, 3.63) is 70.8 Å². The summed E-state index contributed by atoms with van der Waals surface area (Å²) in [6.07, 6.45) is 0.418. The van der Waals surface area contributed by atoms with Gasteiger partial charge in [0.25, 0.3) is 0 Å². The normalized spacial score (nSPS) is 10.3. The van der Waals surface area contributed by atoms with Crippen LogP contribution in [0.4, 0.5) is 0 Å². The summed E-state index contributed by atoms with van der Waals surface area (Å²) in [5.41, 5.74) is 4.38. The maximum atomic E-state index is 11.9. The largest absolute Gasteiger partial charge is 0.352 e. The number of alkyl halides is 1. The molecular formula is C17H18ClNO. The van der Waals surface area contributed by atoms with E-state index in [2.05, 4.69) is 5.32 Å². The van der Waals surface area contributed by atoms with Crippen LogP contribution in [0.25, 0.3) is 0 Å². The molecule has 3 heteroatoms. The zero-order valence-electron chi connectivity index (χ0n) is 11.5. The molecule has 1 N–H and O–H groups in total. The number of carbonyl (C=O) groups is 1. The van der Waals surface area contributed by atoms with E-state index in [1.807, 2.05) is 55.5 Å². The monoisotopic (exact) mass is 287 g/mol. The first-order valence-corrected chi connectivity index (χ1v) is 7.17. The highest BCUT2D eigenvalue weighted by Crippen LogP contribution is 2.07. The highest BCUT2D eigenvalue weighted by atomic mass is 35.5. The van der Waals surface area contributed by atoms with Crippen molar-refractivity contribution in [1.29, 1.82) is 0 Å². The molecule has 0 aromatic heterocycles. The van der Waals surface area contributed by atoms with Crippen LogP contribution in [0.5, 0.6) is 0 Å². The summed E-state index contributed by atoms with van der Waals surface area (Å²) >= 11 is 5.74. The lowest BCUT2D eigenvalue weighted by molar-refractivity contribution is -0.120. The Hall–Kier alpha value is -1.80. The minimum atomic E-state index is 0.0389. The van der Waals surface area contributed by atoms with E-state index in [4.69, 9.17) is 11.6 Å². The van der Waals surface area contributed by atoms with Gasteiger partial charge in [-0.1, -0.05) is 54.1 Å². The van der Waals surface area contributed by atoms with Crippen LogP contribution in [-0.2, 0) is 23.6 Å². The Labute approximate surface area is 124 Å². The topological polar surface area (TPSA) is 29.1 Å². The molecule has 2 nitrogen and oxygen atoms in total. The Kier molecular flexibility index (Phi) is 5.19. The zero-order valence-corrected chi connectivity index (χ0v) is 12.3. The molecule has 1 amide bonds. The fourth-order valence-electron chi connectivity index (χ4n) is 2.02. The standard InChI is InChI=1S/C17H18ClNO/c1-13-3-2-4-16(9-13)10-17(20)19-12-15-7-5-14(11-18)6-8-15/h2-9H,10-12H2,1H3,(H,19,20). The van der Waals surface area contributed by atoms with E-state index in [9.17, 15) is 4.79 Å². The van der Waals surface area contributed by atoms with Gasteiger partial charge in [0.2, 0.25) is 5.91 Å². The molecule has 0 saturated carbocycles. The highest BCUT2D eigenvalue weighted by molar-refractivity contribution is 6.17. The second-order valence-electron chi connectivity index (χ2n) is 4.89. The number of nitrogens with one attached hydrogen (secondary N) is 1. The molecule has 0 unspecified atom stereocenters. The van der Waals surface area contributed by atoms with Gasteiger partial charge in [0.05, 0.1) is 6.42 Å². The number of rotatable bonds is 5. The molecule has 104 valence electrons. The van der Waals surface area contributed by atoms with E-state index >= 15 is 0 Å². The van der Waals surface area contributed by atoms with E-state index in [1.165, 1.54) is 5.56 Å². The molecule has 0 aliphatic carbocycles. The third kappa shape index (κ3) is 4.39. The van der Waals surface area contributed by atoms with E-state index in [0.29, 0.717) is 18.8 Å². The molecule has 0 atom stereocenters. The molecule has 20 heavy (non-hydrogen) atoms. The van der Waals surface area contributed by atoms with Crippen LogP contribution in [0, 0.1) is 6.92 Å². The van der Waals surface area contributed by atoms with Crippen LogP contribution in [0.2, 0.25) is 0 Å². The molecule has 0 aliphatic rings. The van der Waals surface area contributed by atoms with Crippen LogP contribution in [0.3, 0.4) is 0 Å². The highest BCUT2D eigenvalue weighted by Gasteiger charge is 2.03. The van der Waals surface area contributed by atoms with Crippen LogP contribution in [0.15, 0.2) is 48.5 Å². The summed E-state index contributed by atoms with van der Waals surface area (Å²) in [5, 5.41) is 2.93. The number of aryl methyl sites for hydroxylation is 1. The van der Waals surface area contributed by atoms with E-state index < -0.39 is 0 Å². The molecule has 0 saturated heterocycles. The van der Waals surface area contributed by atoms with Gasteiger partial charge in [-0.2, -0.15) is 0 Å². The van der Waals surface area contributed by atoms with Gasteiger partial charge < -0.3 is 5.32 Å². The summed E-state index contributed by atoms with van der Waals surface area (Å²) in [5.74, 6) is 0.553. The van der Waals surface area contributed by atoms with Crippen LogP contribution in [0.1, 0.15) is 22.3 Å². The smallest absolute Gasteiger partial charge is 0.224 e. The van der Waals surface area contributed by atoms with Crippen LogP contribution in [-0.4, -0.2) is 5.91 Å². The predicted octanol–water partition coefficient (Wildman–Crippen LogP) is 3.59. The van der Waals surface area contributed by atoms with Crippen LogP contribution < -0.4 is 5.32 Å². The first-order valence-electron chi connectivity index (χ1n) is 6.63. The van der Waals surface area contributed by atoms with Gasteiger partial charge in [0, 0.05) is 12.4 Å². The number of hydrogen-bond donors (Lipinski definition) is 1. The van der Waals surface area contributed by atoms with Crippen molar-refractivity contribution in [1.82, 2.24) is 5.32 Å². The van der Waals surface area contributed by atoms with Gasteiger partial charge in [-0.05, 0) is 23.6 Å². The summed E-state index contributed by atoms with van der Waals surface area (Å²) in [6, 6.07) is 16.0. The molecular weight excluding hydrogens is 270 g/mol. The van der Waals surface area contributed by atoms with Crippen LogP contribution >= 0.6 is 11.6 Å². The first kappa shape index (κ1) is 14.6. The van der Waals surface area contributed by atoms with Gasteiger partial charge in [0.1, 0.15) is 0 Å². The van der Waals surface area contributed by atoms with Gasteiger partial charge in [-0.25, -0.2) is 0 Å². The maximum absolute atomic E-state index is 11.9. The van der Waals surface area contributed by atoms with Gasteiger partial charge in [-0.3, -0.25) is 4.79 Å². The summed E-state index contributed by atoms with van der Waals surface area (Å²) in [7, 11) is 0. The van der Waals surface area contributed by atoms with Gasteiger partial charge in [-0.15, -0.1) is 11.6 Å². The fraction of sp³-hybridized carbons (Fsp3) is 0.235. The van der Waals surface area contributed by atoms with Crippen molar-refractivity contribution in [2.45, 2.75) is 25.8 Å². The van der Waals surface area contributed by atoms with Crippen molar-refractivity contribution in [2.24, 2.45) is 0 Å². The lowest BCUT2D eigenvalue weighted by Crippen LogP contribution is -2.24. The Balaban J connectivity index is 1.85. The van der Waals surface area contributed by atoms with E-state index in [0.717, 1.165) is 16.7 Å². The molecule has 0 fully saturated rings. The van der Waals surface area contributed by atoms with E-state index in [-0.39, 0.29) is 5.91 Å². The Morgan fingerprint density at radius 3 is 2.40 bits per heavy atom. The zero-order chi connectivity index (χ0) is 14.4. The van der Waals surface area contributed by atoms with E-state index in [1.54, 1.807) is 0 Å². The fourth-order valence-corrected chi connectivity index (χ4v) is 2.20. The number of hydrogen-bond acceptors (Lipinski definition) is 1. The average molecular weight is 288 g/mol. The second-order valence-corrected chi connectivity index (χ2v) is 5.16. The molecule has 0 bridgehead atoms. The molecule has 0 aliphatic heterocycles. The third-order valence-corrected chi connectivity index (χ3v) is 3.42. The first-order chi connectivity index (χ1) is 9.67. The minimum absolute atomic E-state index is 0.0389. The summed E-state index contributed by atoms with van der Waals surface area (Å²) < 4.78 is 0. The number of carbonyl (C=O) groups excluding carboxylic acids is 1. The Bertz CT molecular complexity index is 578. The van der Waals surface area contributed by atoms with Crippen molar-refractivity contribution < 1.29 is 4.79 Å². The lowest BCUT2D eigenvalue weighted by atomic mass is 10.1. The molecule has 2 rings (SSSR count). The second kappa shape index (κ2) is 7.11. The molecule has 2 aromatic carbocycles. The minimum Gasteiger partial charge on any atom is -0.352 e. The molecule has 2 aromatic rings. The lowest BCUT2D eigenvalue weighted by Gasteiger charge is -2.06. The van der Waals surface area contributed by atoms with Crippen molar-refractivity contribution in [3.8, 4) is 0 Å². The predicted molar refractivity (Wildman–Crippen MR) is 82.7 cm³/mol. The SMILES string of the molecule is Cc1cccc(CC(=O)NCc2ccc(CCl)cc2)c1. The molecule has 0 radical (unpaired) electrons. The number of halogens is 1. The molecule has 0 spiro atoms. The summed E-state index contributed by atoms with van der Waals surface area (Å²) in [6.45, 7) is 2.58. The number of benzene rings is 2. The quantitative estimate of drug-likeness (QED) is 0.837. The van der Waals surface area contributed by atoms with Crippen molar-refractivity contribution in [2.75, 3.05) is 0 Å². The molecule has 0 heterocycles. The number of amides is 1. The summed E-state index contributed by atoms with van der Waals surface area (Å²) in [4.78, 5) is 11.9. The van der Waals surface area contributed by atoms with Crippen molar-refractivity contribution >= 4 is 17.5 Å². The Morgan fingerprint density at radius 2 is 1.75 bits per heavy atom. The third-order valence-electron chi connectivity index (χ3n) is 3.11. The van der Waals surface area contributed by atoms with Gasteiger partial charge in [0.15, 0.2) is 0 Å². The maximum Gasteiger partial charge on any atom is 0.224 e. The van der Waals surface area contributed by atoms with Gasteiger partial charge >= 0.3 is 0 Å². The average Bonchev–Trinajstić information content (AvgIpc) is 2.46.